The van der Waals surface area contributed by atoms with Gasteiger partial charge in [-0.2, -0.15) is 0 Å². The lowest BCUT2D eigenvalue weighted by Crippen LogP contribution is -2.27. The van der Waals surface area contributed by atoms with Crippen LogP contribution in [0.5, 0.6) is 0 Å². The summed E-state index contributed by atoms with van der Waals surface area (Å²) in [6.45, 7) is 5.43. The van der Waals surface area contributed by atoms with Crippen LogP contribution in [0.1, 0.15) is 20.8 Å². The molecule has 0 aromatic heterocycles. The molecular formula is C11H12BrClINO2. The number of rotatable bonds is 1. The zero-order valence-corrected chi connectivity index (χ0v) is 14.1. The first-order chi connectivity index (χ1) is 7.69. The molecule has 1 rings (SSSR count). The molecule has 0 bridgehead atoms. The number of benzene rings is 1. The number of nitrogens with one attached hydrogen (secondary N) is 1. The number of hydrogen-bond donors (Lipinski definition) is 1. The Hall–Kier alpha value is -0.0100. The van der Waals surface area contributed by atoms with E-state index in [0.717, 1.165) is 8.04 Å². The van der Waals surface area contributed by atoms with Gasteiger partial charge in [-0.25, -0.2) is 4.79 Å². The van der Waals surface area contributed by atoms with E-state index in [1.165, 1.54) is 0 Å². The van der Waals surface area contributed by atoms with Crippen molar-refractivity contribution in [3.05, 3.63) is 25.2 Å². The van der Waals surface area contributed by atoms with Crippen molar-refractivity contribution in [3.8, 4) is 0 Å². The predicted molar refractivity (Wildman–Crippen MR) is 81.7 cm³/mol. The first kappa shape index (κ1) is 15.0. The molecule has 1 aromatic carbocycles. The fraction of sp³-hybridized carbons (Fsp3) is 0.364. The maximum atomic E-state index is 11.5. The quantitative estimate of drug-likeness (QED) is 0.498. The third kappa shape index (κ3) is 5.01. The lowest BCUT2D eigenvalue weighted by atomic mass is 10.2. The third-order valence-corrected chi connectivity index (χ3v) is 4.77. The smallest absolute Gasteiger partial charge is 0.412 e. The van der Waals surface area contributed by atoms with Crippen LogP contribution < -0.4 is 5.32 Å². The van der Waals surface area contributed by atoms with Crippen molar-refractivity contribution in [1.82, 2.24) is 0 Å². The Morgan fingerprint density at radius 3 is 2.53 bits per heavy atom. The van der Waals surface area contributed by atoms with E-state index in [9.17, 15) is 4.79 Å². The average molecular weight is 432 g/mol. The second kappa shape index (κ2) is 5.75. The van der Waals surface area contributed by atoms with Crippen molar-refractivity contribution in [2.75, 3.05) is 5.32 Å². The number of ether oxygens (including phenoxy) is 1. The summed E-state index contributed by atoms with van der Waals surface area (Å²) in [6, 6.07) is 3.45. The van der Waals surface area contributed by atoms with Crippen molar-refractivity contribution in [2.24, 2.45) is 0 Å². The molecule has 0 heterocycles. The molecule has 17 heavy (non-hydrogen) atoms. The largest absolute Gasteiger partial charge is 0.444 e. The first-order valence-electron chi connectivity index (χ1n) is 4.83. The van der Waals surface area contributed by atoms with Crippen LogP contribution in [-0.2, 0) is 4.74 Å². The van der Waals surface area contributed by atoms with E-state index in [1.807, 2.05) is 20.8 Å². The minimum atomic E-state index is -0.520. The minimum absolute atomic E-state index is 0.498. The Labute approximate surface area is 128 Å². The molecule has 0 unspecified atom stereocenters. The summed E-state index contributed by atoms with van der Waals surface area (Å²) in [5.41, 5.74) is 0.0745. The Kier molecular flexibility index (Phi) is 5.09. The van der Waals surface area contributed by atoms with E-state index in [0.29, 0.717) is 10.7 Å². The molecule has 1 N–H and O–H groups in total. The van der Waals surface area contributed by atoms with Crippen LogP contribution in [-0.4, -0.2) is 11.7 Å². The molecule has 6 heteroatoms. The molecule has 0 aliphatic rings. The Balaban J connectivity index is 2.79. The molecule has 94 valence electrons. The summed E-state index contributed by atoms with van der Waals surface area (Å²) in [6.07, 6.45) is -0.498. The second-order valence-corrected chi connectivity index (χ2v) is 6.72. The van der Waals surface area contributed by atoms with Crippen molar-refractivity contribution >= 4 is 61.9 Å². The fourth-order valence-electron chi connectivity index (χ4n) is 1.05. The van der Waals surface area contributed by atoms with Crippen LogP contribution in [0.2, 0.25) is 5.02 Å². The van der Waals surface area contributed by atoms with Gasteiger partial charge in [0.05, 0.1) is 5.02 Å². The number of carbonyl (C=O) groups is 1. The fourth-order valence-corrected chi connectivity index (χ4v) is 2.15. The highest BCUT2D eigenvalue weighted by Crippen LogP contribution is 2.30. The SMILES string of the molecule is CC(C)(C)OC(=O)Nc1cc(Cl)c(I)c(Br)c1. The van der Waals surface area contributed by atoms with Gasteiger partial charge in [-0.1, -0.05) is 11.6 Å². The topological polar surface area (TPSA) is 38.3 Å². The minimum Gasteiger partial charge on any atom is -0.444 e. The van der Waals surface area contributed by atoms with Crippen LogP contribution >= 0.6 is 50.1 Å². The summed E-state index contributed by atoms with van der Waals surface area (Å²) in [5.74, 6) is 0. The van der Waals surface area contributed by atoms with Crippen LogP contribution in [0.15, 0.2) is 16.6 Å². The van der Waals surface area contributed by atoms with Gasteiger partial charge in [0.25, 0.3) is 0 Å². The molecule has 0 fully saturated rings. The van der Waals surface area contributed by atoms with Gasteiger partial charge in [-0.05, 0) is 71.4 Å². The number of hydrogen-bond acceptors (Lipinski definition) is 2. The second-order valence-electron chi connectivity index (χ2n) is 4.38. The highest BCUT2D eigenvalue weighted by molar-refractivity contribution is 14.1. The maximum Gasteiger partial charge on any atom is 0.412 e. The van der Waals surface area contributed by atoms with Gasteiger partial charge < -0.3 is 4.74 Å². The zero-order valence-electron chi connectivity index (χ0n) is 9.61. The molecule has 1 amide bonds. The Bertz CT molecular complexity index is 423. The predicted octanol–water partition coefficient (Wildman–Crippen LogP) is 5.05. The van der Waals surface area contributed by atoms with Gasteiger partial charge >= 0.3 is 6.09 Å². The Morgan fingerprint density at radius 1 is 1.47 bits per heavy atom. The Morgan fingerprint density at radius 2 is 2.06 bits per heavy atom. The van der Waals surface area contributed by atoms with Gasteiger partial charge in [-0.3, -0.25) is 5.32 Å². The van der Waals surface area contributed by atoms with E-state index in [2.05, 4.69) is 43.8 Å². The van der Waals surface area contributed by atoms with Gasteiger partial charge in [-0.15, -0.1) is 0 Å². The summed E-state index contributed by atoms with van der Waals surface area (Å²) >= 11 is 11.5. The van der Waals surface area contributed by atoms with Gasteiger partial charge in [0, 0.05) is 13.7 Å². The summed E-state index contributed by atoms with van der Waals surface area (Å²) in [7, 11) is 0. The molecule has 0 atom stereocenters. The molecule has 0 radical (unpaired) electrons. The van der Waals surface area contributed by atoms with Crippen molar-refractivity contribution in [3.63, 3.8) is 0 Å². The lowest BCUT2D eigenvalue weighted by Gasteiger charge is -2.19. The summed E-state index contributed by atoms with van der Waals surface area (Å²) in [4.78, 5) is 11.5. The van der Waals surface area contributed by atoms with E-state index >= 15 is 0 Å². The van der Waals surface area contributed by atoms with E-state index < -0.39 is 11.7 Å². The standard InChI is InChI=1S/C11H12BrClINO2/c1-11(2,3)17-10(16)15-6-4-7(12)9(14)8(13)5-6/h4-5H,1-3H3,(H,15,16). The van der Waals surface area contributed by atoms with Crippen molar-refractivity contribution < 1.29 is 9.53 Å². The molecule has 1 aromatic rings. The van der Waals surface area contributed by atoms with Crippen LogP contribution in [0.3, 0.4) is 0 Å². The normalized spacial score (nSPS) is 11.2. The number of anilines is 1. The van der Waals surface area contributed by atoms with E-state index in [4.69, 9.17) is 16.3 Å². The molecule has 3 nitrogen and oxygen atoms in total. The zero-order chi connectivity index (χ0) is 13.2. The van der Waals surface area contributed by atoms with Gasteiger partial charge in [0.1, 0.15) is 5.60 Å². The van der Waals surface area contributed by atoms with Crippen LogP contribution in [0, 0.1) is 3.57 Å². The lowest BCUT2D eigenvalue weighted by molar-refractivity contribution is 0.0636. The van der Waals surface area contributed by atoms with Crippen LogP contribution in [0.25, 0.3) is 0 Å². The summed E-state index contributed by atoms with van der Waals surface area (Å²) < 4.78 is 6.87. The summed E-state index contributed by atoms with van der Waals surface area (Å²) in [5, 5.41) is 3.20. The number of halogens is 3. The van der Waals surface area contributed by atoms with Gasteiger partial charge in [0.2, 0.25) is 0 Å². The molecular weight excluding hydrogens is 420 g/mol. The average Bonchev–Trinajstić information content (AvgIpc) is 2.10. The van der Waals surface area contributed by atoms with Crippen molar-refractivity contribution in [2.45, 2.75) is 26.4 Å². The van der Waals surface area contributed by atoms with Crippen LogP contribution in [0.4, 0.5) is 10.5 Å². The molecule has 0 saturated heterocycles. The maximum absolute atomic E-state index is 11.5. The van der Waals surface area contributed by atoms with E-state index in [1.54, 1.807) is 12.1 Å². The van der Waals surface area contributed by atoms with E-state index in [-0.39, 0.29) is 0 Å². The molecule has 0 saturated carbocycles. The number of amides is 1. The van der Waals surface area contributed by atoms with Gasteiger partial charge in [0.15, 0.2) is 0 Å². The van der Waals surface area contributed by atoms with Crippen molar-refractivity contribution in [1.29, 1.82) is 0 Å². The highest BCUT2D eigenvalue weighted by Gasteiger charge is 2.16. The molecule has 0 aliphatic carbocycles. The molecule has 0 spiro atoms. The third-order valence-electron chi connectivity index (χ3n) is 1.63. The number of carbonyl (C=O) groups excluding carboxylic acids is 1. The highest BCUT2D eigenvalue weighted by atomic mass is 127. The monoisotopic (exact) mass is 431 g/mol. The molecule has 0 aliphatic heterocycles. The first-order valence-corrected chi connectivity index (χ1v) is 7.08.